The van der Waals surface area contributed by atoms with Gasteiger partial charge in [0.1, 0.15) is 6.10 Å². The number of carbonyl (C=O) groups is 1. The molecular formula is C21H32O3. The van der Waals surface area contributed by atoms with Gasteiger partial charge < -0.3 is 9.84 Å². The number of aliphatic hydroxyl groups is 1. The van der Waals surface area contributed by atoms with Crippen LogP contribution in [0.4, 0.5) is 0 Å². The molecule has 3 fully saturated rings. The summed E-state index contributed by atoms with van der Waals surface area (Å²) in [4.78, 5) is 11.3. The van der Waals surface area contributed by atoms with Crippen LogP contribution in [0.1, 0.15) is 72.1 Å². The van der Waals surface area contributed by atoms with Crippen molar-refractivity contribution in [2.75, 3.05) is 0 Å². The van der Waals surface area contributed by atoms with Gasteiger partial charge in [0.2, 0.25) is 0 Å². The van der Waals surface area contributed by atoms with Crippen LogP contribution in [0.2, 0.25) is 0 Å². The highest BCUT2D eigenvalue weighted by Gasteiger charge is 2.58. The molecule has 0 heterocycles. The molecule has 7 atom stereocenters. The normalized spacial score (nSPS) is 50.3. The largest absolute Gasteiger partial charge is 0.462 e. The second-order valence-electron chi connectivity index (χ2n) is 9.37. The molecule has 0 amide bonds. The van der Waals surface area contributed by atoms with Gasteiger partial charge in [0.15, 0.2) is 0 Å². The van der Waals surface area contributed by atoms with Gasteiger partial charge in [-0.05, 0) is 73.5 Å². The summed E-state index contributed by atoms with van der Waals surface area (Å²) in [6.45, 7) is 6.32. The molecule has 3 nitrogen and oxygen atoms in total. The minimum absolute atomic E-state index is 0.0838. The Balaban J connectivity index is 1.59. The van der Waals surface area contributed by atoms with Gasteiger partial charge in [0.05, 0.1) is 6.10 Å². The molecule has 4 aliphatic carbocycles. The first-order valence-electron chi connectivity index (χ1n) is 9.89. The Hall–Kier alpha value is -0.830. The van der Waals surface area contributed by atoms with Crippen molar-refractivity contribution in [1.29, 1.82) is 0 Å². The first kappa shape index (κ1) is 16.6. The van der Waals surface area contributed by atoms with E-state index in [0.717, 1.165) is 43.9 Å². The van der Waals surface area contributed by atoms with Crippen LogP contribution in [-0.2, 0) is 9.53 Å². The minimum atomic E-state index is -0.147. The Morgan fingerprint density at radius 2 is 1.96 bits per heavy atom. The summed E-state index contributed by atoms with van der Waals surface area (Å²) in [6.07, 6.45) is 11.3. The molecule has 134 valence electrons. The smallest absolute Gasteiger partial charge is 0.302 e. The molecule has 24 heavy (non-hydrogen) atoms. The number of hydrogen-bond donors (Lipinski definition) is 1. The summed E-state index contributed by atoms with van der Waals surface area (Å²) in [5, 5.41) is 10.5. The molecule has 3 heteroatoms. The third-order valence-corrected chi connectivity index (χ3v) is 8.34. The number of rotatable bonds is 1. The number of esters is 1. The molecule has 0 spiro atoms. The number of ether oxygens (including phenoxy) is 1. The molecule has 4 aliphatic rings. The van der Waals surface area contributed by atoms with Crippen LogP contribution in [0.3, 0.4) is 0 Å². The number of fused-ring (bicyclic) bond motifs is 5. The van der Waals surface area contributed by atoms with Crippen molar-refractivity contribution in [3.8, 4) is 0 Å². The maximum absolute atomic E-state index is 11.3. The number of hydrogen-bond acceptors (Lipinski definition) is 3. The van der Waals surface area contributed by atoms with Gasteiger partial charge in [0.25, 0.3) is 0 Å². The van der Waals surface area contributed by atoms with Crippen molar-refractivity contribution in [3.63, 3.8) is 0 Å². The number of aliphatic hydroxyl groups excluding tert-OH is 1. The van der Waals surface area contributed by atoms with E-state index in [1.807, 2.05) is 0 Å². The van der Waals surface area contributed by atoms with E-state index < -0.39 is 0 Å². The van der Waals surface area contributed by atoms with Crippen molar-refractivity contribution >= 4 is 5.97 Å². The lowest BCUT2D eigenvalue weighted by Crippen LogP contribution is -2.51. The van der Waals surface area contributed by atoms with Gasteiger partial charge in [-0.15, -0.1) is 0 Å². The predicted molar refractivity (Wildman–Crippen MR) is 93.3 cm³/mol. The van der Waals surface area contributed by atoms with E-state index in [2.05, 4.69) is 19.9 Å². The zero-order valence-electron chi connectivity index (χ0n) is 15.4. The summed E-state index contributed by atoms with van der Waals surface area (Å²) < 4.78 is 5.51. The second-order valence-corrected chi connectivity index (χ2v) is 9.37. The Morgan fingerprint density at radius 1 is 1.17 bits per heavy atom. The quantitative estimate of drug-likeness (QED) is 0.577. The van der Waals surface area contributed by atoms with Crippen LogP contribution < -0.4 is 0 Å². The summed E-state index contributed by atoms with van der Waals surface area (Å²) in [5.41, 5.74) is 1.98. The molecule has 0 unspecified atom stereocenters. The van der Waals surface area contributed by atoms with Crippen LogP contribution in [0.5, 0.6) is 0 Å². The Bertz CT molecular complexity index is 567. The lowest BCUT2D eigenvalue weighted by Gasteiger charge is -2.57. The average molecular weight is 332 g/mol. The van der Waals surface area contributed by atoms with E-state index in [4.69, 9.17) is 4.74 Å². The zero-order chi connectivity index (χ0) is 17.1. The van der Waals surface area contributed by atoms with Crippen LogP contribution in [0.25, 0.3) is 0 Å². The third-order valence-electron chi connectivity index (χ3n) is 8.34. The summed E-state index contributed by atoms with van der Waals surface area (Å²) in [6, 6.07) is 0. The predicted octanol–water partition coefficient (Wildman–Crippen LogP) is 4.24. The van der Waals surface area contributed by atoms with E-state index in [-0.39, 0.29) is 29.0 Å². The monoisotopic (exact) mass is 332 g/mol. The number of carbonyl (C=O) groups excluding carboxylic acids is 1. The Morgan fingerprint density at radius 3 is 2.71 bits per heavy atom. The van der Waals surface area contributed by atoms with Gasteiger partial charge in [-0.2, -0.15) is 0 Å². The average Bonchev–Trinajstić information content (AvgIpc) is 2.83. The zero-order valence-corrected chi connectivity index (χ0v) is 15.4. The van der Waals surface area contributed by atoms with Gasteiger partial charge in [-0.3, -0.25) is 4.79 Å². The van der Waals surface area contributed by atoms with Crippen LogP contribution in [0.15, 0.2) is 11.6 Å². The molecule has 0 saturated heterocycles. The van der Waals surface area contributed by atoms with E-state index >= 15 is 0 Å². The minimum Gasteiger partial charge on any atom is -0.462 e. The van der Waals surface area contributed by atoms with Gasteiger partial charge in [0, 0.05) is 13.3 Å². The number of allylic oxidation sites excluding steroid dienone is 1. The molecule has 4 rings (SSSR count). The van der Waals surface area contributed by atoms with Crippen LogP contribution in [0, 0.1) is 28.6 Å². The Kier molecular flexibility index (Phi) is 3.87. The van der Waals surface area contributed by atoms with Gasteiger partial charge in [-0.25, -0.2) is 0 Å². The highest BCUT2D eigenvalue weighted by atomic mass is 16.5. The van der Waals surface area contributed by atoms with Crippen molar-refractivity contribution in [1.82, 2.24) is 0 Å². The van der Waals surface area contributed by atoms with E-state index in [0.29, 0.717) is 5.92 Å². The fraction of sp³-hybridized carbons (Fsp3) is 0.857. The molecule has 0 aliphatic heterocycles. The lowest BCUT2D eigenvalue weighted by atomic mass is 9.48. The third kappa shape index (κ3) is 2.30. The first-order valence-corrected chi connectivity index (χ1v) is 9.89. The van der Waals surface area contributed by atoms with Crippen molar-refractivity contribution in [3.05, 3.63) is 11.6 Å². The molecule has 0 aromatic carbocycles. The highest BCUT2D eigenvalue weighted by Crippen LogP contribution is 2.64. The van der Waals surface area contributed by atoms with E-state index in [1.54, 1.807) is 5.57 Å². The van der Waals surface area contributed by atoms with Crippen LogP contribution >= 0.6 is 0 Å². The fourth-order valence-corrected chi connectivity index (χ4v) is 6.94. The summed E-state index contributed by atoms with van der Waals surface area (Å²) >= 11 is 0. The molecule has 0 aromatic rings. The SMILES string of the molecule is CC(=O)O[C@H]1CC[C@@]2(C)C(=CC[C@@H]3[C@H]2CC[C@@]2(C)[C@H](O)CC[C@@H]32)C1. The molecule has 0 bridgehead atoms. The molecule has 0 radical (unpaired) electrons. The maximum atomic E-state index is 11.3. The Labute approximate surface area is 145 Å². The molecule has 1 N–H and O–H groups in total. The topological polar surface area (TPSA) is 46.5 Å². The second kappa shape index (κ2) is 5.59. The van der Waals surface area contributed by atoms with E-state index in [9.17, 15) is 9.90 Å². The van der Waals surface area contributed by atoms with Crippen molar-refractivity contribution < 1.29 is 14.6 Å². The lowest BCUT2D eigenvalue weighted by molar-refractivity contribution is -0.148. The standard InChI is InChI=1S/C21H32O3/c1-13(22)24-15-8-10-20(2)14(12-15)4-5-16-17-6-7-19(23)21(17,3)11-9-18(16)20/h4,15-19,23H,5-12H2,1-3H3/t15-,16-,17-,18+,19+,20-,21+/m0/s1. The molecular weight excluding hydrogens is 300 g/mol. The summed E-state index contributed by atoms with van der Waals surface area (Å²) in [7, 11) is 0. The van der Waals surface area contributed by atoms with Crippen molar-refractivity contribution in [2.45, 2.75) is 84.3 Å². The first-order chi connectivity index (χ1) is 11.3. The highest BCUT2D eigenvalue weighted by molar-refractivity contribution is 5.66. The van der Waals surface area contributed by atoms with E-state index in [1.165, 1.54) is 26.2 Å². The fourth-order valence-electron chi connectivity index (χ4n) is 6.94. The molecule has 3 saturated carbocycles. The maximum Gasteiger partial charge on any atom is 0.302 e. The van der Waals surface area contributed by atoms with Gasteiger partial charge in [-0.1, -0.05) is 25.5 Å². The van der Waals surface area contributed by atoms with Crippen LogP contribution in [-0.4, -0.2) is 23.3 Å². The summed E-state index contributed by atoms with van der Waals surface area (Å²) in [5.74, 6) is 2.03. The van der Waals surface area contributed by atoms with Crippen molar-refractivity contribution in [2.24, 2.45) is 28.6 Å². The molecule has 0 aromatic heterocycles. The van der Waals surface area contributed by atoms with Gasteiger partial charge >= 0.3 is 5.97 Å².